The number of nitriles is 1. The zero-order valence-electron chi connectivity index (χ0n) is 12.1. The zero-order chi connectivity index (χ0) is 17.1. The maximum Gasteiger partial charge on any atom is 0.352 e. The van der Waals surface area contributed by atoms with Crippen LogP contribution in [0.5, 0.6) is 0 Å². The summed E-state index contributed by atoms with van der Waals surface area (Å²) in [4.78, 5) is 47.0. The number of hydrogen-bond acceptors (Lipinski definition) is 7. The number of nitrogens with one attached hydrogen (secondary N) is 1. The number of hydrogen-bond donors (Lipinski definition) is 2. The Morgan fingerprint density at radius 3 is 2.78 bits per heavy atom. The van der Waals surface area contributed by atoms with E-state index in [1.165, 1.54) is 18.7 Å². The molecular formula is C13H13N3O6S. The van der Waals surface area contributed by atoms with Gasteiger partial charge in [-0.3, -0.25) is 19.3 Å². The first-order valence-electron chi connectivity index (χ1n) is 6.56. The first-order valence-corrected chi connectivity index (χ1v) is 7.61. The van der Waals surface area contributed by atoms with Gasteiger partial charge in [-0.2, -0.15) is 5.26 Å². The van der Waals surface area contributed by atoms with E-state index < -0.39 is 35.2 Å². The van der Waals surface area contributed by atoms with E-state index in [-0.39, 0.29) is 24.5 Å². The number of nitrogens with zero attached hydrogens (tertiary/aromatic N) is 2. The molecule has 122 valence electrons. The largest absolute Gasteiger partial charge is 0.477 e. The van der Waals surface area contributed by atoms with Crippen LogP contribution >= 0.6 is 11.8 Å². The minimum atomic E-state index is -1.30. The molecule has 0 radical (unpaired) electrons. The van der Waals surface area contributed by atoms with E-state index in [0.717, 1.165) is 4.90 Å². The van der Waals surface area contributed by atoms with Gasteiger partial charge in [0, 0.05) is 18.2 Å². The van der Waals surface area contributed by atoms with Crippen molar-refractivity contribution < 1.29 is 29.0 Å². The molecule has 1 unspecified atom stereocenters. The van der Waals surface area contributed by atoms with Crippen molar-refractivity contribution in [3.05, 3.63) is 11.3 Å². The van der Waals surface area contributed by atoms with Crippen molar-refractivity contribution in [1.29, 1.82) is 5.26 Å². The molecule has 2 aliphatic rings. The van der Waals surface area contributed by atoms with E-state index in [9.17, 15) is 24.3 Å². The average molecular weight is 339 g/mol. The number of esters is 1. The number of carboxylic acids is 1. The molecule has 9 nitrogen and oxygen atoms in total. The highest BCUT2D eigenvalue weighted by Gasteiger charge is 2.54. The summed E-state index contributed by atoms with van der Waals surface area (Å²) in [5.74, 6) is -2.74. The summed E-state index contributed by atoms with van der Waals surface area (Å²) in [6, 6.07) is 0.818. The fraction of sp³-hybridized carbons (Fsp3) is 0.462. The number of carbonyl (C=O) groups excluding carboxylic acids is 3. The van der Waals surface area contributed by atoms with Gasteiger partial charge in [-0.1, -0.05) is 0 Å². The van der Waals surface area contributed by atoms with E-state index >= 15 is 0 Å². The predicted octanol–water partition coefficient (Wildman–Crippen LogP) is -0.798. The van der Waals surface area contributed by atoms with Gasteiger partial charge in [0.2, 0.25) is 5.91 Å². The molecule has 10 heteroatoms. The zero-order valence-corrected chi connectivity index (χ0v) is 12.9. The van der Waals surface area contributed by atoms with Crippen LogP contribution in [0.4, 0.5) is 0 Å². The molecule has 2 atom stereocenters. The maximum atomic E-state index is 12.1. The van der Waals surface area contributed by atoms with Crippen LogP contribution in [-0.4, -0.2) is 57.5 Å². The van der Waals surface area contributed by atoms with Gasteiger partial charge in [0.1, 0.15) is 30.1 Å². The fourth-order valence-electron chi connectivity index (χ4n) is 2.28. The first-order chi connectivity index (χ1) is 10.9. The number of rotatable bonds is 5. The molecule has 0 aromatic rings. The molecule has 1 fully saturated rings. The molecular weight excluding hydrogens is 326 g/mol. The molecule has 2 amide bonds. The highest BCUT2D eigenvalue weighted by Crippen LogP contribution is 2.40. The molecule has 2 heterocycles. The van der Waals surface area contributed by atoms with E-state index in [2.05, 4.69) is 5.32 Å². The average Bonchev–Trinajstić information content (AvgIpc) is 2.49. The SMILES string of the molecule is CC(=O)OCC1=C(C(=O)O)N2C(=O)C(NC(=O)CC#N)[C@@H]2SC1. The number of β-lactam (4-membered cyclic amide) rings is 1. The van der Waals surface area contributed by atoms with E-state index in [1.54, 1.807) is 6.07 Å². The third-order valence-corrected chi connectivity index (χ3v) is 4.60. The van der Waals surface area contributed by atoms with Crippen LogP contribution in [0.15, 0.2) is 11.3 Å². The van der Waals surface area contributed by atoms with Gasteiger partial charge in [-0.05, 0) is 0 Å². The lowest BCUT2D eigenvalue weighted by Crippen LogP contribution is -2.70. The predicted molar refractivity (Wildman–Crippen MR) is 76.5 cm³/mol. The number of aliphatic carboxylic acids is 1. The summed E-state index contributed by atoms with van der Waals surface area (Å²) in [5.41, 5.74) is 0.106. The van der Waals surface area contributed by atoms with Crippen molar-refractivity contribution in [3.63, 3.8) is 0 Å². The number of fused-ring (bicyclic) bond motifs is 1. The fourth-order valence-corrected chi connectivity index (χ4v) is 3.61. The lowest BCUT2D eigenvalue weighted by molar-refractivity contribution is -0.150. The third-order valence-electron chi connectivity index (χ3n) is 3.26. The van der Waals surface area contributed by atoms with E-state index in [1.807, 2.05) is 0 Å². The molecule has 0 saturated carbocycles. The third kappa shape index (κ3) is 3.29. The van der Waals surface area contributed by atoms with Crippen LogP contribution in [0.1, 0.15) is 13.3 Å². The second-order valence-electron chi connectivity index (χ2n) is 4.83. The summed E-state index contributed by atoms with van der Waals surface area (Å²) in [7, 11) is 0. The van der Waals surface area contributed by atoms with Crippen molar-refractivity contribution >= 4 is 35.5 Å². The van der Waals surface area contributed by atoms with Gasteiger partial charge in [0.15, 0.2) is 0 Å². The van der Waals surface area contributed by atoms with E-state index in [0.29, 0.717) is 5.57 Å². The number of carboxylic acid groups (broad SMARTS) is 1. The Morgan fingerprint density at radius 2 is 2.22 bits per heavy atom. The first kappa shape index (κ1) is 16.8. The van der Waals surface area contributed by atoms with Crippen molar-refractivity contribution in [2.45, 2.75) is 24.8 Å². The number of amides is 2. The molecule has 2 rings (SSSR count). The molecule has 0 aromatic carbocycles. The molecule has 2 N–H and O–H groups in total. The summed E-state index contributed by atoms with van der Waals surface area (Å²) >= 11 is 1.26. The van der Waals surface area contributed by atoms with Crippen LogP contribution in [0.2, 0.25) is 0 Å². The molecule has 0 aromatic heterocycles. The Labute approximate surface area is 135 Å². The van der Waals surface area contributed by atoms with Gasteiger partial charge in [0.25, 0.3) is 5.91 Å². The van der Waals surface area contributed by atoms with Crippen LogP contribution < -0.4 is 5.32 Å². The topological polar surface area (TPSA) is 137 Å². The normalized spacial score (nSPS) is 22.6. The van der Waals surface area contributed by atoms with Crippen LogP contribution in [-0.2, 0) is 23.9 Å². The van der Waals surface area contributed by atoms with Gasteiger partial charge < -0.3 is 15.2 Å². The molecule has 23 heavy (non-hydrogen) atoms. The Balaban J connectivity index is 2.16. The van der Waals surface area contributed by atoms with Gasteiger partial charge in [-0.15, -0.1) is 11.8 Å². The van der Waals surface area contributed by atoms with Crippen molar-refractivity contribution in [2.75, 3.05) is 12.4 Å². The minimum absolute atomic E-state index is 0.202. The minimum Gasteiger partial charge on any atom is -0.477 e. The summed E-state index contributed by atoms with van der Waals surface area (Å²) < 4.78 is 4.81. The molecule has 1 saturated heterocycles. The second kappa shape index (κ2) is 6.70. The van der Waals surface area contributed by atoms with Gasteiger partial charge in [-0.25, -0.2) is 4.79 Å². The van der Waals surface area contributed by atoms with E-state index in [4.69, 9.17) is 10.00 Å². The second-order valence-corrected chi connectivity index (χ2v) is 5.93. The van der Waals surface area contributed by atoms with Gasteiger partial charge in [0.05, 0.1) is 6.07 Å². The van der Waals surface area contributed by atoms with Crippen molar-refractivity contribution in [1.82, 2.24) is 10.2 Å². The van der Waals surface area contributed by atoms with Crippen molar-refractivity contribution in [3.8, 4) is 6.07 Å². The highest BCUT2D eigenvalue weighted by molar-refractivity contribution is 8.00. The Morgan fingerprint density at radius 1 is 1.52 bits per heavy atom. The quantitative estimate of drug-likeness (QED) is 0.491. The number of thioether (sulfide) groups is 1. The molecule has 0 aliphatic carbocycles. The lowest BCUT2D eigenvalue weighted by atomic mass is 10.0. The smallest absolute Gasteiger partial charge is 0.352 e. The molecule has 2 aliphatic heterocycles. The number of ether oxygens (including phenoxy) is 1. The summed E-state index contributed by atoms with van der Waals surface area (Å²) in [6.45, 7) is 1.00. The summed E-state index contributed by atoms with van der Waals surface area (Å²) in [6.07, 6.45) is -0.375. The Kier molecular flexibility index (Phi) is 4.90. The standard InChI is InChI=1S/C13H13N3O6S/c1-6(17)22-4-7-5-23-12-9(15-8(18)2-3-14)11(19)16(12)10(7)13(20)21/h9,12H,2,4-5H2,1H3,(H,15,18)(H,20,21)/t9?,12-/m0/s1. The van der Waals surface area contributed by atoms with Crippen LogP contribution in [0, 0.1) is 11.3 Å². The molecule has 0 bridgehead atoms. The molecule has 0 spiro atoms. The lowest BCUT2D eigenvalue weighted by Gasteiger charge is -2.49. The Hall–Kier alpha value is -2.54. The number of carbonyl (C=O) groups is 4. The Bertz CT molecular complexity index is 653. The monoisotopic (exact) mass is 339 g/mol. The maximum absolute atomic E-state index is 12.1. The van der Waals surface area contributed by atoms with Crippen LogP contribution in [0.3, 0.4) is 0 Å². The summed E-state index contributed by atoms with van der Waals surface area (Å²) in [5, 5.41) is 19.7. The highest BCUT2D eigenvalue weighted by atomic mass is 32.2. The van der Waals surface area contributed by atoms with Crippen LogP contribution in [0.25, 0.3) is 0 Å². The van der Waals surface area contributed by atoms with Gasteiger partial charge >= 0.3 is 11.9 Å². The van der Waals surface area contributed by atoms with Crippen molar-refractivity contribution in [2.24, 2.45) is 0 Å².